The molecule has 1 aliphatic heterocycles. The minimum Gasteiger partial charge on any atom is -0.493 e. The zero-order chi connectivity index (χ0) is 24.2. The summed E-state index contributed by atoms with van der Waals surface area (Å²) in [6.07, 6.45) is 1.48. The van der Waals surface area contributed by atoms with Gasteiger partial charge in [-0.3, -0.25) is 9.69 Å². The largest absolute Gasteiger partial charge is 0.493 e. The summed E-state index contributed by atoms with van der Waals surface area (Å²) >= 11 is 9.84. The van der Waals surface area contributed by atoms with Crippen LogP contribution >= 0.6 is 27.5 Å². The van der Waals surface area contributed by atoms with Gasteiger partial charge in [-0.25, -0.2) is 9.18 Å². The third-order valence-corrected chi connectivity index (χ3v) is 5.92. The van der Waals surface area contributed by atoms with Crippen LogP contribution in [0.3, 0.4) is 0 Å². The van der Waals surface area contributed by atoms with Crippen molar-refractivity contribution in [3.63, 3.8) is 0 Å². The van der Waals surface area contributed by atoms with E-state index in [1.54, 1.807) is 24.3 Å². The van der Waals surface area contributed by atoms with E-state index in [1.165, 1.54) is 25.3 Å². The molecule has 1 N–H and O–H groups in total. The van der Waals surface area contributed by atoms with E-state index in [1.807, 2.05) is 24.3 Å². The van der Waals surface area contributed by atoms with Crippen molar-refractivity contribution in [3.8, 4) is 11.5 Å². The van der Waals surface area contributed by atoms with Gasteiger partial charge in [0.2, 0.25) is 0 Å². The molecule has 0 aromatic heterocycles. The number of imide groups is 1. The molecule has 0 bridgehead atoms. The molecule has 0 radical (unpaired) electrons. The number of amides is 3. The number of methoxy groups -OCH3 is 1. The Morgan fingerprint density at radius 1 is 1.12 bits per heavy atom. The Bertz CT molecular complexity index is 1280. The molecule has 0 saturated carbocycles. The second-order valence-corrected chi connectivity index (χ2v) is 8.74. The van der Waals surface area contributed by atoms with Crippen LogP contribution in [0.2, 0.25) is 5.02 Å². The van der Waals surface area contributed by atoms with E-state index >= 15 is 0 Å². The molecule has 1 saturated heterocycles. The van der Waals surface area contributed by atoms with Gasteiger partial charge in [0.1, 0.15) is 18.1 Å². The molecule has 3 aromatic carbocycles. The first-order valence-electron chi connectivity index (χ1n) is 10.2. The lowest BCUT2D eigenvalue weighted by Crippen LogP contribution is -2.30. The highest BCUT2D eigenvalue weighted by Gasteiger charge is 2.34. The number of ether oxygens (including phenoxy) is 2. The Morgan fingerprint density at radius 3 is 2.56 bits per heavy atom. The minimum absolute atomic E-state index is 0.0444. The molecule has 6 nitrogen and oxygen atoms in total. The van der Waals surface area contributed by atoms with Crippen molar-refractivity contribution >= 4 is 45.5 Å². The van der Waals surface area contributed by atoms with E-state index in [2.05, 4.69) is 21.2 Å². The Balaban J connectivity index is 1.53. The minimum atomic E-state index is -0.632. The van der Waals surface area contributed by atoms with Crippen LogP contribution in [0.1, 0.15) is 16.7 Å². The average Bonchev–Trinajstić information content (AvgIpc) is 3.07. The fourth-order valence-corrected chi connectivity index (χ4v) is 3.92. The summed E-state index contributed by atoms with van der Waals surface area (Å²) in [4.78, 5) is 26.1. The first kappa shape index (κ1) is 23.8. The van der Waals surface area contributed by atoms with Gasteiger partial charge < -0.3 is 14.8 Å². The van der Waals surface area contributed by atoms with Crippen molar-refractivity contribution in [1.82, 2.24) is 10.2 Å². The molecule has 9 heteroatoms. The topological polar surface area (TPSA) is 67.9 Å². The van der Waals surface area contributed by atoms with Crippen LogP contribution in [0.4, 0.5) is 9.18 Å². The van der Waals surface area contributed by atoms with E-state index in [9.17, 15) is 14.0 Å². The summed E-state index contributed by atoms with van der Waals surface area (Å²) < 4.78 is 26.2. The number of rotatable bonds is 7. The molecule has 3 amide bonds. The Labute approximate surface area is 209 Å². The number of hydrogen-bond donors (Lipinski definition) is 1. The second kappa shape index (κ2) is 10.3. The van der Waals surface area contributed by atoms with Crippen molar-refractivity contribution < 1.29 is 23.5 Å². The van der Waals surface area contributed by atoms with Crippen molar-refractivity contribution in [1.29, 1.82) is 0 Å². The molecular weight excluding hydrogens is 527 g/mol. The molecular formula is C25H19BrClFN2O4. The van der Waals surface area contributed by atoms with Crippen molar-refractivity contribution in [3.05, 3.63) is 98.4 Å². The summed E-state index contributed by atoms with van der Waals surface area (Å²) in [5.41, 5.74) is 1.75. The lowest BCUT2D eigenvalue weighted by Gasteiger charge is -2.14. The highest BCUT2D eigenvalue weighted by molar-refractivity contribution is 9.10. The van der Waals surface area contributed by atoms with Crippen LogP contribution in [0.15, 0.2) is 70.8 Å². The van der Waals surface area contributed by atoms with Gasteiger partial charge in [0.15, 0.2) is 11.5 Å². The van der Waals surface area contributed by atoms with Crippen LogP contribution in [0, 0.1) is 5.82 Å². The first-order valence-corrected chi connectivity index (χ1v) is 11.4. The summed E-state index contributed by atoms with van der Waals surface area (Å²) in [6, 6.07) is 16.3. The van der Waals surface area contributed by atoms with Gasteiger partial charge in [-0.2, -0.15) is 0 Å². The highest BCUT2D eigenvalue weighted by atomic mass is 79.9. The van der Waals surface area contributed by atoms with Crippen molar-refractivity contribution in [2.75, 3.05) is 7.11 Å². The zero-order valence-corrected chi connectivity index (χ0v) is 20.3. The van der Waals surface area contributed by atoms with Gasteiger partial charge in [0, 0.05) is 10.0 Å². The molecule has 0 unspecified atom stereocenters. The molecule has 34 heavy (non-hydrogen) atoms. The standard InChI is InChI=1S/C25H19BrClFN2O4/c1-33-22-12-16(10-19(27)23(22)34-14-15-6-8-18(26)9-7-15)11-21-24(31)30(25(32)29-21)13-17-4-2-3-5-20(17)28/h2-12H,13-14H2,1H3,(H,29,32)/b21-11+. The summed E-state index contributed by atoms with van der Waals surface area (Å²) in [5.74, 6) is -0.330. The number of benzene rings is 3. The first-order chi connectivity index (χ1) is 16.4. The quantitative estimate of drug-likeness (QED) is 0.296. The molecule has 174 valence electrons. The van der Waals surface area contributed by atoms with Crippen molar-refractivity contribution in [2.24, 2.45) is 0 Å². The lowest BCUT2D eigenvalue weighted by atomic mass is 10.1. The van der Waals surface area contributed by atoms with Crippen LogP contribution < -0.4 is 14.8 Å². The van der Waals surface area contributed by atoms with Gasteiger partial charge in [-0.05, 0) is 47.5 Å². The maximum atomic E-state index is 14.0. The van der Waals surface area contributed by atoms with Crippen molar-refractivity contribution in [2.45, 2.75) is 13.2 Å². The summed E-state index contributed by atoms with van der Waals surface area (Å²) in [6.45, 7) is 0.102. The zero-order valence-electron chi connectivity index (χ0n) is 18.0. The molecule has 0 aliphatic carbocycles. The Morgan fingerprint density at radius 2 is 1.85 bits per heavy atom. The van der Waals surface area contributed by atoms with Crippen LogP contribution in [0.25, 0.3) is 6.08 Å². The van der Waals surface area contributed by atoms with E-state index in [-0.39, 0.29) is 29.4 Å². The maximum absolute atomic E-state index is 14.0. The van der Waals surface area contributed by atoms with Gasteiger partial charge in [-0.1, -0.05) is 57.9 Å². The number of nitrogens with zero attached hydrogens (tertiary/aromatic N) is 1. The number of carbonyl (C=O) groups is 2. The molecule has 1 heterocycles. The normalized spacial score (nSPS) is 14.5. The number of urea groups is 1. The van der Waals surface area contributed by atoms with Gasteiger partial charge in [0.25, 0.3) is 5.91 Å². The van der Waals surface area contributed by atoms with Gasteiger partial charge in [-0.15, -0.1) is 0 Å². The third kappa shape index (κ3) is 5.24. The number of hydrogen-bond acceptors (Lipinski definition) is 4. The number of halogens is 3. The maximum Gasteiger partial charge on any atom is 0.329 e. The predicted molar refractivity (Wildman–Crippen MR) is 130 cm³/mol. The predicted octanol–water partition coefficient (Wildman–Crippen LogP) is 5.92. The summed E-state index contributed by atoms with van der Waals surface area (Å²) in [7, 11) is 1.48. The molecule has 4 rings (SSSR count). The van der Waals surface area contributed by atoms with Crippen LogP contribution in [-0.4, -0.2) is 23.9 Å². The van der Waals surface area contributed by atoms with E-state index < -0.39 is 17.8 Å². The Kier molecular flexibility index (Phi) is 7.19. The second-order valence-electron chi connectivity index (χ2n) is 7.42. The van der Waals surface area contributed by atoms with Gasteiger partial charge >= 0.3 is 6.03 Å². The molecule has 1 aliphatic rings. The molecule has 0 atom stereocenters. The van der Waals surface area contributed by atoms with Gasteiger partial charge in [0.05, 0.1) is 18.7 Å². The number of nitrogens with one attached hydrogen (secondary N) is 1. The van der Waals surface area contributed by atoms with Crippen LogP contribution in [0.5, 0.6) is 11.5 Å². The summed E-state index contributed by atoms with van der Waals surface area (Å²) in [5, 5.41) is 2.80. The van der Waals surface area contributed by atoms with E-state index in [4.69, 9.17) is 21.1 Å². The molecule has 1 fully saturated rings. The average molecular weight is 546 g/mol. The molecule has 0 spiro atoms. The molecule has 3 aromatic rings. The monoisotopic (exact) mass is 544 g/mol. The fourth-order valence-electron chi connectivity index (χ4n) is 3.38. The van der Waals surface area contributed by atoms with E-state index in [0.717, 1.165) is 14.9 Å². The number of carbonyl (C=O) groups excluding carboxylic acids is 2. The lowest BCUT2D eigenvalue weighted by molar-refractivity contribution is -0.123. The third-order valence-electron chi connectivity index (χ3n) is 5.11. The van der Waals surface area contributed by atoms with Crippen LogP contribution in [-0.2, 0) is 17.9 Å². The highest BCUT2D eigenvalue weighted by Crippen LogP contribution is 2.37. The van der Waals surface area contributed by atoms with E-state index in [0.29, 0.717) is 17.1 Å². The SMILES string of the molecule is COc1cc(/C=C2/NC(=O)N(Cc3ccccc3F)C2=O)cc(Cl)c1OCc1ccc(Br)cc1. The fraction of sp³-hybridized carbons (Fsp3) is 0.120. The smallest absolute Gasteiger partial charge is 0.329 e. The Hall–Kier alpha value is -3.36.